The third-order valence-corrected chi connectivity index (χ3v) is 3.53. The van der Waals surface area contributed by atoms with E-state index < -0.39 is 5.97 Å². The van der Waals surface area contributed by atoms with E-state index in [2.05, 4.69) is 4.98 Å². The van der Waals surface area contributed by atoms with E-state index >= 15 is 0 Å². The molecule has 0 N–H and O–H groups in total. The molecule has 0 fully saturated rings. The van der Waals surface area contributed by atoms with Crippen LogP contribution in [-0.2, 0) is 4.74 Å². The SMILES string of the molecule is COC(=O)c1ccc2c(OC)cc(-c3cccc(F)c3)nc2c1. The molecule has 4 nitrogen and oxygen atoms in total. The van der Waals surface area contributed by atoms with Crippen LogP contribution in [0.4, 0.5) is 4.39 Å². The molecule has 0 bridgehead atoms. The zero-order valence-electron chi connectivity index (χ0n) is 12.7. The van der Waals surface area contributed by atoms with Crippen LogP contribution in [0, 0.1) is 5.82 Å². The maximum Gasteiger partial charge on any atom is 0.337 e. The standard InChI is InChI=1S/C18H14FNO3/c1-22-17-10-15(11-4-3-5-13(19)8-11)20-16-9-12(18(21)23-2)6-7-14(16)17/h3-10H,1-2H3. The predicted octanol–water partition coefficient (Wildman–Crippen LogP) is 3.84. The lowest BCUT2D eigenvalue weighted by molar-refractivity contribution is 0.0601. The second kappa shape index (κ2) is 6.04. The van der Waals surface area contributed by atoms with Crippen molar-refractivity contribution in [2.24, 2.45) is 0 Å². The van der Waals surface area contributed by atoms with Crippen LogP contribution in [0.3, 0.4) is 0 Å². The fourth-order valence-corrected chi connectivity index (χ4v) is 2.41. The Kier molecular flexibility index (Phi) is 3.93. The lowest BCUT2D eigenvalue weighted by atomic mass is 10.1. The molecule has 23 heavy (non-hydrogen) atoms. The highest BCUT2D eigenvalue weighted by Crippen LogP contribution is 2.30. The smallest absolute Gasteiger partial charge is 0.337 e. The molecule has 0 amide bonds. The van der Waals surface area contributed by atoms with Crippen LogP contribution < -0.4 is 4.74 Å². The molecule has 3 aromatic rings. The van der Waals surface area contributed by atoms with Crippen LogP contribution in [0.5, 0.6) is 5.75 Å². The molecule has 1 heterocycles. The van der Waals surface area contributed by atoms with E-state index in [0.29, 0.717) is 28.1 Å². The van der Waals surface area contributed by atoms with Crippen molar-refractivity contribution in [3.05, 3.63) is 59.9 Å². The number of hydrogen-bond acceptors (Lipinski definition) is 4. The van der Waals surface area contributed by atoms with Crippen LogP contribution in [0.25, 0.3) is 22.2 Å². The third kappa shape index (κ3) is 2.85. The Bertz CT molecular complexity index is 893. The number of nitrogens with zero attached hydrogens (tertiary/aromatic N) is 1. The van der Waals surface area contributed by atoms with E-state index in [0.717, 1.165) is 5.39 Å². The van der Waals surface area contributed by atoms with Gasteiger partial charge in [0.25, 0.3) is 0 Å². The van der Waals surface area contributed by atoms with Crippen molar-refractivity contribution in [1.82, 2.24) is 4.98 Å². The highest BCUT2D eigenvalue weighted by Gasteiger charge is 2.12. The average molecular weight is 311 g/mol. The maximum atomic E-state index is 13.4. The number of halogens is 1. The monoisotopic (exact) mass is 311 g/mol. The minimum atomic E-state index is -0.441. The number of rotatable bonds is 3. The number of carbonyl (C=O) groups excluding carboxylic acids is 1. The number of ether oxygens (including phenoxy) is 2. The Labute approximate surface area is 132 Å². The first kappa shape index (κ1) is 15.0. The summed E-state index contributed by atoms with van der Waals surface area (Å²) in [5.41, 5.74) is 2.17. The molecule has 3 rings (SSSR count). The number of esters is 1. The van der Waals surface area contributed by atoms with Crippen LogP contribution in [0.15, 0.2) is 48.5 Å². The summed E-state index contributed by atoms with van der Waals surface area (Å²) in [5.74, 6) is -0.179. The van der Waals surface area contributed by atoms with Gasteiger partial charge in [-0.15, -0.1) is 0 Å². The average Bonchev–Trinajstić information content (AvgIpc) is 2.59. The topological polar surface area (TPSA) is 48.4 Å². The summed E-state index contributed by atoms with van der Waals surface area (Å²) in [6.45, 7) is 0. The number of benzene rings is 2. The predicted molar refractivity (Wildman–Crippen MR) is 85.0 cm³/mol. The lowest BCUT2D eigenvalue weighted by Crippen LogP contribution is -2.01. The maximum absolute atomic E-state index is 13.4. The van der Waals surface area contributed by atoms with E-state index in [-0.39, 0.29) is 5.82 Å². The quantitative estimate of drug-likeness (QED) is 0.690. The highest BCUT2D eigenvalue weighted by molar-refractivity contribution is 5.96. The number of aromatic nitrogens is 1. The van der Waals surface area contributed by atoms with Gasteiger partial charge < -0.3 is 9.47 Å². The molecule has 0 aliphatic rings. The summed E-state index contributed by atoms with van der Waals surface area (Å²) >= 11 is 0. The largest absolute Gasteiger partial charge is 0.496 e. The van der Waals surface area contributed by atoms with Crippen LogP contribution in [-0.4, -0.2) is 25.2 Å². The van der Waals surface area contributed by atoms with Crippen LogP contribution >= 0.6 is 0 Å². The minimum Gasteiger partial charge on any atom is -0.496 e. The van der Waals surface area contributed by atoms with Crippen molar-refractivity contribution in [3.63, 3.8) is 0 Å². The molecule has 0 atom stereocenters. The van der Waals surface area contributed by atoms with Crippen molar-refractivity contribution < 1.29 is 18.7 Å². The molecule has 0 aliphatic heterocycles. The van der Waals surface area contributed by atoms with Crippen LogP contribution in [0.2, 0.25) is 0 Å². The van der Waals surface area contributed by atoms with Crippen molar-refractivity contribution in [3.8, 4) is 17.0 Å². The van der Waals surface area contributed by atoms with Gasteiger partial charge in [-0.25, -0.2) is 14.2 Å². The lowest BCUT2D eigenvalue weighted by Gasteiger charge is -2.10. The minimum absolute atomic E-state index is 0.341. The molecule has 0 saturated heterocycles. The molecule has 0 saturated carbocycles. The summed E-state index contributed by atoms with van der Waals surface area (Å²) in [6.07, 6.45) is 0. The molecule has 5 heteroatoms. The Morgan fingerprint density at radius 3 is 2.61 bits per heavy atom. The van der Waals surface area contributed by atoms with Gasteiger partial charge >= 0.3 is 5.97 Å². The molecule has 2 aromatic carbocycles. The van der Waals surface area contributed by atoms with E-state index in [4.69, 9.17) is 9.47 Å². The highest BCUT2D eigenvalue weighted by atomic mass is 19.1. The van der Waals surface area contributed by atoms with E-state index in [9.17, 15) is 9.18 Å². The second-order valence-electron chi connectivity index (χ2n) is 4.94. The fraction of sp³-hybridized carbons (Fsp3) is 0.111. The Morgan fingerprint density at radius 1 is 1.09 bits per heavy atom. The number of methoxy groups -OCH3 is 2. The molecule has 0 radical (unpaired) electrons. The van der Waals surface area contributed by atoms with Gasteiger partial charge in [-0.2, -0.15) is 0 Å². The Balaban J connectivity index is 2.22. The third-order valence-electron chi connectivity index (χ3n) is 3.53. The second-order valence-corrected chi connectivity index (χ2v) is 4.94. The molecule has 116 valence electrons. The van der Waals surface area contributed by atoms with Gasteiger partial charge in [0, 0.05) is 17.0 Å². The summed E-state index contributed by atoms with van der Waals surface area (Å²) < 4.78 is 23.6. The van der Waals surface area contributed by atoms with Crippen molar-refractivity contribution in [2.45, 2.75) is 0 Å². The normalized spacial score (nSPS) is 10.6. The Hall–Kier alpha value is -2.95. The van der Waals surface area contributed by atoms with E-state index in [1.165, 1.54) is 19.2 Å². The Morgan fingerprint density at radius 2 is 1.91 bits per heavy atom. The van der Waals surface area contributed by atoms with Gasteiger partial charge in [0.05, 0.1) is 31.0 Å². The fourth-order valence-electron chi connectivity index (χ4n) is 2.41. The molecular weight excluding hydrogens is 297 g/mol. The van der Waals surface area contributed by atoms with Crippen molar-refractivity contribution in [1.29, 1.82) is 0 Å². The number of fused-ring (bicyclic) bond motifs is 1. The van der Waals surface area contributed by atoms with E-state index in [1.54, 1.807) is 43.5 Å². The summed E-state index contributed by atoms with van der Waals surface area (Å²) in [5, 5.41) is 0.764. The van der Waals surface area contributed by atoms with E-state index in [1.807, 2.05) is 0 Å². The number of pyridine rings is 1. The summed E-state index contributed by atoms with van der Waals surface area (Å²) in [7, 11) is 2.88. The molecule has 0 unspecified atom stereocenters. The van der Waals surface area contributed by atoms with Gasteiger partial charge in [-0.3, -0.25) is 0 Å². The zero-order valence-corrected chi connectivity index (χ0v) is 12.7. The number of hydrogen-bond donors (Lipinski definition) is 0. The molecule has 1 aromatic heterocycles. The first-order valence-corrected chi connectivity index (χ1v) is 6.95. The van der Waals surface area contributed by atoms with Gasteiger partial charge in [0.2, 0.25) is 0 Å². The molecule has 0 spiro atoms. The first-order valence-electron chi connectivity index (χ1n) is 6.95. The first-order chi connectivity index (χ1) is 11.1. The van der Waals surface area contributed by atoms with Crippen molar-refractivity contribution >= 4 is 16.9 Å². The molecular formula is C18H14FNO3. The van der Waals surface area contributed by atoms with Crippen LogP contribution in [0.1, 0.15) is 10.4 Å². The summed E-state index contributed by atoms with van der Waals surface area (Å²) in [6, 6.07) is 12.9. The molecule has 0 aliphatic carbocycles. The number of carbonyl (C=O) groups is 1. The van der Waals surface area contributed by atoms with Gasteiger partial charge in [0.15, 0.2) is 0 Å². The van der Waals surface area contributed by atoms with Gasteiger partial charge in [-0.05, 0) is 30.3 Å². The van der Waals surface area contributed by atoms with Gasteiger partial charge in [0.1, 0.15) is 11.6 Å². The summed E-state index contributed by atoms with van der Waals surface area (Å²) in [4.78, 5) is 16.2. The van der Waals surface area contributed by atoms with Crippen molar-refractivity contribution in [2.75, 3.05) is 14.2 Å². The van der Waals surface area contributed by atoms with Gasteiger partial charge in [-0.1, -0.05) is 12.1 Å². The zero-order chi connectivity index (χ0) is 16.4.